The van der Waals surface area contributed by atoms with Crippen molar-refractivity contribution in [3.8, 4) is 0 Å². The molecule has 1 aromatic carbocycles. The summed E-state index contributed by atoms with van der Waals surface area (Å²) in [5, 5.41) is 11.0. The monoisotopic (exact) mass is 322 g/mol. The van der Waals surface area contributed by atoms with Crippen LogP contribution in [0.4, 0.5) is 5.69 Å². The summed E-state index contributed by atoms with van der Waals surface area (Å²) in [6, 6.07) is 4.80. The predicted octanol–water partition coefficient (Wildman–Crippen LogP) is 4.05. The zero-order valence-electron chi connectivity index (χ0n) is 12.5. The maximum absolute atomic E-state index is 12.3. The second-order valence-corrected chi connectivity index (χ2v) is 5.80. The zero-order valence-corrected chi connectivity index (χ0v) is 13.3. The largest absolute Gasteiger partial charge is 0.336 e. The van der Waals surface area contributed by atoms with Gasteiger partial charge in [-0.3, -0.25) is 14.9 Å². The number of nitrogens with zero attached hydrogens (tertiary/aromatic N) is 2. The fourth-order valence-electron chi connectivity index (χ4n) is 2.75. The molecule has 1 fully saturated rings. The molecule has 22 heavy (non-hydrogen) atoms. The van der Waals surface area contributed by atoms with Gasteiger partial charge in [-0.25, -0.2) is 0 Å². The molecule has 1 aliphatic heterocycles. The molecule has 1 atom stereocenters. The molecule has 0 spiro atoms. The van der Waals surface area contributed by atoms with Gasteiger partial charge in [0.2, 0.25) is 5.91 Å². The summed E-state index contributed by atoms with van der Waals surface area (Å²) in [7, 11) is 0. The number of likely N-dealkylation sites (tertiary alicyclic amines) is 1. The Hall–Kier alpha value is -1.88. The molecule has 6 heteroatoms. The second kappa shape index (κ2) is 7.40. The molecule has 5 nitrogen and oxygen atoms in total. The lowest BCUT2D eigenvalue weighted by molar-refractivity contribution is -0.384. The summed E-state index contributed by atoms with van der Waals surface area (Å²) in [4.78, 5) is 24.5. The number of hydrogen-bond donors (Lipinski definition) is 0. The van der Waals surface area contributed by atoms with Crippen molar-refractivity contribution in [1.82, 2.24) is 4.90 Å². The first-order valence-electron chi connectivity index (χ1n) is 7.45. The molecule has 1 heterocycles. The molecule has 0 aromatic heterocycles. The topological polar surface area (TPSA) is 63.5 Å². The van der Waals surface area contributed by atoms with Crippen molar-refractivity contribution >= 4 is 29.3 Å². The summed E-state index contributed by atoms with van der Waals surface area (Å²) in [6.45, 7) is 2.87. The van der Waals surface area contributed by atoms with Gasteiger partial charge in [0, 0.05) is 24.7 Å². The average molecular weight is 323 g/mol. The van der Waals surface area contributed by atoms with Gasteiger partial charge in [0.05, 0.1) is 4.92 Å². The van der Waals surface area contributed by atoms with Crippen LogP contribution in [0.1, 0.15) is 38.2 Å². The number of halogens is 1. The van der Waals surface area contributed by atoms with Gasteiger partial charge in [-0.2, -0.15) is 0 Å². The number of nitro benzene ring substituents is 1. The van der Waals surface area contributed by atoms with Crippen molar-refractivity contribution in [2.75, 3.05) is 6.54 Å². The Balaban J connectivity index is 2.12. The van der Waals surface area contributed by atoms with Crippen molar-refractivity contribution in [2.24, 2.45) is 0 Å². The molecule has 1 amide bonds. The third-order valence-electron chi connectivity index (χ3n) is 3.97. The number of carbonyl (C=O) groups excluding carboxylic acids is 1. The van der Waals surface area contributed by atoms with E-state index >= 15 is 0 Å². The summed E-state index contributed by atoms with van der Waals surface area (Å²) in [6.07, 6.45) is 7.28. The molecule has 2 rings (SSSR count). The first kappa shape index (κ1) is 16.5. The van der Waals surface area contributed by atoms with Crippen LogP contribution in [0.3, 0.4) is 0 Å². The third kappa shape index (κ3) is 3.85. The van der Waals surface area contributed by atoms with Gasteiger partial charge in [-0.1, -0.05) is 24.6 Å². The van der Waals surface area contributed by atoms with Crippen LogP contribution in [0.15, 0.2) is 24.3 Å². The Morgan fingerprint density at radius 1 is 1.50 bits per heavy atom. The van der Waals surface area contributed by atoms with E-state index in [2.05, 4.69) is 6.92 Å². The van der Waals surface area contributed by atoms with Crippen molar-refractivity contribution in [3.63, 3.8) is 0 Å². The Morgan fingerprint density at radius 2 is 2.27 bits per heavy atom. The molecular formula is C16H19ClN2O3. The number of benzene rings is 1. The minimum Gasteiger partial charge on any atom is -0.336 e. The second-order valence-electron chi connectivity index (χ2n) is 5.39. The highest BCUT2D eigenvalue weighted by atomic mass is 35.5. The number of carbonyl (C=O) groups is 1. The summed E-state index contributed by atoms with van der Waals surface area (Å²) >= 11 is 5.77. The van der Waals surface area contributed by atoms with Crippen LogP contribution in [0, 0.1) is 10.1 Å². The SMILES string of the molecule is CCC1CCCCN1C(=O)C=Cc1ccc(Cl)c([N+](=O)[O-])c1. The van der Waals surface area contributed by atoms with Gasteiger partial charge in [-0.05, 0) is 43.4 Å². The van der Waals surface area contributed by atoms with E-state index in [9.17, 15) is 14.9 Å². The number of hydrogen-bond acceptors (Lipinski definition) is 3. The normalized spacial score (nSPS) is 18.6. The summed E-state index contributed by atoms with van der Waals surface area (Å²) in [5.74, 6) is -0.0378. The maximum atomic E-state index is 12.3. The summed E-state index contributed by atoms with van der Waals surface area (Å²) < 4.78 is 0. The van der Waals surface area contributed by atoms with Crippen LogP contribution in [0.2, 0.25) is 5.02 Å². The molecule has 0 saturated carbocycles. The molecule has 118 valence electrons. The number of amides is 1. The highest BCUT2D eigenvalue weighted by Gasteiger charge is 2.23. The van der Waals surface area contributed by atoms with E-state index in [-0.39, 0.29) is 16.6 Å². The van der Waals surface area contributed by atoms with Crippen LogP contribution in [0.25, 0.3) is 6.08 Å². The zero-order chi connectivity index (χ0) is 16.1. The molecule has 0 bridgehead atoms. The maximum Gasteiger partial charge on any atom is 0.288 e. The van der Waals surface area contributed by atoms with E-state index in [1.807, 2.05) is 4.90 Å². The van der Waals surface area contributed by atoms with Gasteiger partial charge in [0.25, 0.3) is 5.69 Å². The first-order chi connectivity index (χ1) is 10.5. The molecule has 1 unspecified atom stereocenters. The van der Waals surface area contributed by atoms with Crippen molar-refractivity contribution in [1.29, 1.82) is 0 Å². The molecular weight excluding hydrogens is 304 g/mol. The van der Waals surface area contributed by atoms with Crippen molar-refractivity contribution in [3.05, 3.63) is 45.0 Å². The minimum atomic E-state index is -0.529. The Kier molecular flexibility index (Phi) is 5.55. The fraction of sp³-hybridized carbons (Fsp3) is 0.438. The van der Waals surface area contributed by atoms with Crippen LogP contribution in [0.5, 0.6) is 0 Å². The minimum absolute atomic E-state index is 0.0378. The van der Waals surface area contributed by atoms with Crippen LogP contribution < -0.4 is 0 Å². The third-order valence-corrected chi connectivity index (χ3v) is 4.29. The molecule has 0 N–H and O–H groups in total. The molecule has 1 aromatic rings. The molecule has 1 aliphatic rings. The highest BCUT2D eigenvalue weighted by Crippen LogP contribution is 2.26. The van der Waals surface area contributed by atoms with Crippen LogP contribution in [-0.4, -0.2) is 28.3 Å². The smallest absolute Gasteiger partial charge is 0.288 e. The van der Waals surface area contributed by atoms with Crippen molar-refractivity contribution in [2.45, 2.75) is 38.6 Å². The number of rotatable bonds is 4. The number of piperidine rings is 1. The lowest BCUT2D eigenvalue weighted by Gasteiger charge is -2.34. The lowest BCUT2D eigenvalue weighted by atomic mass is 10.00. The van der Waals surface area contributed by atoms with E-state index in [4.69, 9.17) is 11.6 Å². The van der Waals surface area contributed by atoms with Crippen molar-refractivity contribution < 1.29 is 9.72 Å². The van der Waals surface area contributed by atoms with E-state index in [1.54, 1.807) is 12.1 Å². The van der Waals surface area contributed by atoms with Gasteiger partial charge in [-0.15, -0.1) is 0 Å². The fourth-order valence-corrected chi connectivity index (χ4v) is 2.94. The van der Waals surface area contributed by atoms with Gasteiger partial charge < -0.3 is 4.90 Å². The standard InChI is InChI=1S/C16H19ClN2O3/c1-2-13-5-3-4-10-18(13)16(20)9-7-12-6-8-14(17)15(11-12)19(21)22/h6-9,11,13H,2-5,10H2,1H3. The van der Waals surface area contributed by atoms with E-state index in [1.165, 1.54) is 18.2 Å². The van der Waals surface area contributed by atoms with E-state index in [0.717, 1.165) is 32.2 Å². The number of nitro groups is 1. The molecule has 0 radical (unpaired) electrons. The van der Waals surface area contributed by atoms with E-state index in [0.29, 0.717) is 11.6 Å². The first-order valence-corrected chi connectivity index (χ1v) is 7.83. The molecule has 0 aliphatic carbocycles. The van der Waals surface area contributed by atoms with Crippen LogP contribution >= 0.6 is 11.6 Å². The average Bonchev–Trinajstić information content (AvgIpc) is 2.53. The van der Waals surface area contributed by atoms with Gasteiger partial charge in [0.1, 0.15) is 5.02 Å². The Labute approximate surface area is 134 Å². The van der Waals surface area contributed by atoms with Crippen LogP contribution in [-0.2, 0) is 4.79 Å². The van der Waals surface area contributed by atoms with E-state index < -0.39 is 4.92 Å². The van der Waals surface area contributed by atoms with Gasteiger partial charge in [0.15, 0.2) is 0 Å². The lowest BCUT2D eigenvalue weighted by Crippen LogP contribution is -2.42. The predicted molar refractivity (Wildman–Crippen MR) is 86.8 cm³/mol. The highest BCUT2D eigenvalue weighted by molar-refractivity contribution is 6.32. The summed E-state index contributed by atoms with van der Waals surface area (Å²) in [5.41, 5.74) is 0.440. The quantitative estimate of drug-likeness (QED) is 0.477. The Bertz CT molecular complexity index is 601. The Morgan fingerprint density at radius 3 is 2.95 bits per heavy atom. The molecule has 1 saturated heterocycles. The van der Waals surface area contributed by atoms with Gasteiger partial charge >= 0.3 is 0 Å².